The van der Waals surface area contributed by atoms with Crippen molar-refractivity contribution in [2.24, 2.45) is 5.92 Å². The first-order valence-corrected chi connectivity index (χ1v) is 19.9. The Bertz CT molecular complexity index is 3180. The summed E-state index contributed by atoms with van der Waals surface area (Å²) >= 11 is 0. The summed E-state index contributed by atoms with van der Waals surface area (Å²) in [6.45, 7) is 9.80. The number of aryl methyl sites for hydroxylation is 4. The normalized spacial score (nSPS) is 14.1. The Morgan fingerprint density at radius 1 is 0.559 bits per heavy atom. The van der Waals surface area contributed by atoms with Crippen LogP contribution in [0.15, 0.2) is 127 Å². The van der Waals surface area contributed by atoms with Crippen molar-refractivity contribution in [3.63, 3.8) is 0 Å². The molecule has 3 aromatic heterocycles. The topological polar surface area (TPSA) is 48.5 Å². The Hall–Kier alpha value is -6.80. The van der Waals surface area contributed by atoms with Gasteiger partial charge in [-0.25, -0.2) is 15.0 Å². The molecule has 1 unspecified atom stereocenters. The zero-order valence-electron chi connectivity index (χ0n) is 33.4. The number of para-hydroxylation sites is 1. The average Bonchev–Trinajstić information content (AvgIpc) is 3.71. The molecule has 3 heterocycles. The number of halogens is 3. The van der Waals surface area contributed by atoms with Gasteiger partial charge in [0, 0.05) is 27.4 Å². The molecule has 10 rings (SSSR count). The van der Waals surface area contributed by atoms with E-state index in [2.05, 4.69) is 61.3 Å². The Kier molecular flexibility index (Phi) is 8.46. The summed E-state index contributed by atoms with van der Waals surface area (Å²) < 4.78 is 53.3. The van der Waals surface area contributed by atoms with Crippen molar-refractivity contribution in [1.82, 2.24) is 24.1 Å². The minimum atomic E-state index is -4.79. The second kappa shape index (κ2) is 13.7. The van der Waals surface area contributed by atoms with Crippen LogP contribution in [0.3, 0.4) is 0 Å². The summed E-state index contributed by atoms with van der Waals surface area (Å²) in [5.41, 5.74) is 9.56. The highest BCUT2D eigenvalue weighted by Crippen LogP contribution is 2.47. The molecule has 0 saturated carbocycles. The van der Waals surface area contributed by atoms with Crippen molar-refractivity contribution < 1.29 is 13.2 Å². The largest absolute Gasteiger partial charge is 0.420 e. The van der Waals surface area contributed by atoms with Crippen LogP contribution >= 0.6 is 0 Å². The van der Waals surface area contributed by atoms with Crippen molar-refractivity contribution in [2.75, 3.05) is 0 Å². The van der Waals surface area contributed by atoms with Gasteiger partial charge < -0.3 is 9.13 Å². The van der Waals surface area contributed by atoms with Gasteiger partial charge in [-0.15, -0.1) is 0 Å². The third-order valence-corrected chi connectivity index (χ3v) is 11.8. The molecule has 0 amide bonds. The molecule has 0 radical (unpaired) electrons. The van der Waals surface area contributed by atoms with E-state index in [4.69, 9.17) is 9.97 Å². The highest BCUT2D eigenvalue weighted by atomic mass is 19.4. The maximum absolute atomic E-state index is 16.6. The number of alkyl halides is 3. The van der Waals surface area contributed by atoms with Gasteiger partial charge in [0.2, 0.25) is 0 Å². The summed E-state index contributed by atoms with van der Waals surface area (Å²) in [6.07, 6.45) is 0.00192. The molecule has 1 aliphatic carbocycles. The minimum Gasteiger partial charge on any atom is -0.309 e. The van der Waals surface area contributed by atoms with E-state index in [9.17, 15) is 0 Å². The molecule has 5 nitrogen and oxygen atoms in total. The third-order valence-electron chi connectivity index (χ3n) is 11.8. The van der Waals surface area contributed by atoms with Crippen molar-refractivity contribution in [3.05, 3.63) is 167 Å². The maximum Gasteiger partial charge on any atom is 0.420 e. The van der Waals surface area contributed by atoms with E-state index in [-0.39, 0.29) is 17.3 Å². The smallest absolute Gasteiger partial charge is 0.309 e. The number of nitrogens with zero attached hydrogens (tertiary/aromatic N) is 5. The SMILES string of the molecule is Cc1nc(C)nc(-c2cc(-n3c4c(c5ccc(-c6ccccc6C)cc53)CC(C)C=C4)c(C(F)(F)F)c(-n3c4ccccc4c4ccc(-c5ccccc5C)cc43)c2)n1. The molecule has 0 fully saturated rings. The molecule has 59 heavy (non-hydrogen) atoms. The lowest BCUT2D eigenvalue weighted by molar-refractivity contribution is -0.137. The standard InChI is InChI=1S/C51H40F3N5/c1-29-18-23-44-42(24-29)41-22-20-35(38-15-9-7-13-31(38)3)26-46(41)59(44)48-28-36(50-56-32(4)55-33(5)57-50)27-47(49(48)51(52,53)54)58-43-17-11-10-16-39(43)40-21-19-34(25-45(40)58)37-14-8-6-12-30(37)2/h6-23,25-29H,24H2,1-5H3. The predicted octanol–water partition coefficient (Wildman–Crippen LogP) is 13.4. The van der Waals surface area contributed by atoms with E-state index in [1.165, 1.54) is 0 Å². The Morgan fingerprint density at radius 2 is 1.10 bits per heavy atom. The molecule has 0 aliphatic heterocycles. The Labute approximate surface area is 340 Å². The van der Waals surface area contributed by atoms with E-state index >= 15 is 13.2 Å². The number of hydrogen-bond donors (Lipinski definition) is 0. The summed E-state index contributed by atoms with van der Waals surface area (Å²) in [6, 6.07) is 39.4. The first-order valence-electron chi connectivity index (χ1n) is 19.9. The highest BCUT2D eigenvalue weighted by molar-refractivity contribution is 6.10. The number of allylic oxidation sites excluding steroid dienone is 1. The number of aromatic nitrogens is 5. The molecule has 1 aliphatic rings. The van der Waals surface area contributed by atoms with Crippen LogP contribution in [-0.2, 0) is 12.6 Å². The van der Waals surface area contributed by atoms with Crippen LogP contribution in [0.2, 0.25) is 0 Å². The lowest BCUT2D eigenvalue weighted by Crippen LogP contribution is -2.17. The Balaban J connectivity index is 1.38. The lowest BCUT2D eigenvalue weighted by Gasteiger charge is -2.24. The van der Waals surface area contributed by atoms with E-state index in [0.717, 1.165) is 60.8 Å². The van der Waals surface area contributed by atoms with E-state index in [1.807, 2.05) is 90.4 Å². The van der Waals surface area contributed by atoms with Gasteiger partial charge in [0.1, 0.15) is 17.2 Å². The van der Waals surface area contributed by atoms with E-state index in [0.29, 0.717) is 46.0 Å². The zero-order chi connectivity index (χ0) is 40.7. The predicted molar refractivity (Wildman–Crippen MR) is 233 cm³/mol. The van der Waals surface area contributed by atoms with Crippen LogP contribution in [0.25, 0.3) is 83.8 Å². The van der Waals surface area contributed by atoms with Gasteiger partial charge >= 0.3 is 6.18 Å². The monoisotopic (exact) mass is 779 g/mol. The van der Waals surface area contributed by atoms with Crippen molar-refractivity contribution >= 4 is 38.8 Å². The van der Waals surface area contributed by atoms with E-state index < -0.39 is 11.7 Å². The van der Waals surface area contributed by atoms with Gasteiger partial charge in [-0.1, -0.05) is 104 Å². The summed E-state index contributed by atoms with van der Waals surface area (Å²) in [5.74, 6) is 1.50. The van der Waals surface area contributed by atoms with Crippen LogP contribution in [0.1, 0.15) is 46.5 Å². The molecule has 0 bridgehead atoms. The fourth-order valence-corrected chi connectivity index (χ4v) is 9.16. The van der Waals surface area contributed by atoms with Gasteiger partial charge in [-0.3, -0.25) is 0 Å². The first-order chi connectivity index (χ1) is 28.4. The minimum absolute atomic E-state index is 0.00679. The molecule has 0 saturated heterocycles. The fourth-order valence-electron chi connectivity index (χ4n) is 9.16. The van der Waals surface area contributed by atoms with Gasteiger partial charge in [-0.05, 0) is 115 Å². The zero-order valence-corrected chi connectivity index (χ0v) is 33.4. The van der Waals surface area contributed by atoms with E-state index in [1.54, 1.807) is 30.5 Å². The lowest BCUT2D eigenvalue weighted by atomic mass is 9.92. The molecule has 1 atom stereocenters. The van der Waals surface area contributed by atoms with Gasteiger partial charge in [-0.2, -0.15) is 13.2 Å². The number of hydrogen-bond acceptors (Lipinski definition) is 3. The van der Waals surface area contributed by atoms with Crippen LogP contribution in [0, 0.1) is 33.6 Å². The number of benzene rings is 6. The molecule has 290 valence electrons. The third kappa shape index (κ3) is 6.04. The van der Waals surface area contributed by atoms with Crippen LogP contribution < -0.4 is 0 Å². The number of fused-ring (bicyclic) bond motifs is 6. The Morgan fingerprint density at radius 3 is 1.73 bits per heavy atom. The molecule has 8 heteroatoms. The van der Waals surface area contributed by atoms with Gasteiger partial charge in [0.05, 0.1) is 27.9 Å². The van der Waals surface area contributed by atoms with Gasteiger partial charge in [0.25, 0.3) is 0 Å². The molecular formula is C51H40F3N5. The van der Waals surface area contributed by atoms with Crippen molar-refractivity contribution in [2.45, 2.75) is 47.2 Å². The van der Waals surface area contributed by atoms with Crippen molar-refractivity contribution in [3.8, 4) is 45.0 Å². The molecular weight excluding hydrogens is 740 g/mol. The van der Waals surface area contributed by atoms with Gasteiger partial charge in [0.15, 0.2) is 5.82 Å². The second-order valence-electron chi connectivity index (χ2n) is 15.8. The average molecular weight is 780 g/mol. The maximum atomic E-state index is 16.6. The molecule has 0 N–H and O–H groups in total. The van der Waals surface area contributed by atoms with Crippen LogP contribution in [0.5, 0.6) is 0 Å². The second-order valence-corrected chi connectivity index (χ2v) is 15.8. The quantitative estimate of drug-likeness (QED) is 0.175. The fraction of sp³-hybridized carbons (Fsp3) is 0.157. The van der Waals surface area contributed by atoms with Crippen molar-refractivity contribution in [1.29, 1.82) is 0 Å². The summed E-state index contributed by atoms with van der Waals surface area (Å²) in [5, 5.41) is 2.64. The van der Waals surface area contributed by atoms with Crippen LogP contribution in [-0.4, -0.2) is 24.1 Å². The van der Waals surface area contributed by atoms with Crippen LogP contribution in [0.4, 0.5) is 13.2 Å². The summed E-state index contributed by atoms with van der Waals surface area (Å²) in [7, 11) is 0. The first kappa shape index (κ1) is 36.5. The summed E-state index contributed by atoms with van der Waals surface area (Å²) in [4.78, 5) is 13.9. The molecule has 6 aromatic carbocycles. The molecule has 0 spiro atoms. The molecule has 9 aromatic rings. The highest BCUT2D eigenvalue weighted by Gasteiger charge is 2.40. The number of rotatable bonds is 5.